The second-order valence-corrected chi connectivity index (χ2v) is 8.97. The largest absolute Gasteiger partial charge is 0.444 e. The van der Waals surface area contributed by atoms with Crippen LogP contribution in [0, 0.1) is 0 Å². The molecule has 3 rings (SSSR count). The smallest absolute Gasteiger partial charge is 0.410 e. The van der Waals surface area contributed by atoms with Crippen molar-refractivity contribution in [2.75, 3.05) is 13.2 Å². The average molecular weight is 432 g/mol. The maximum Gasteiger partial charge on any atom is 0.410 e. The first-order valence-corrected chi connectivity index (χ1v) is 11.2. The van der Waals surface area contributed by atoms with Crippen molar-refractivity contribution in [1.29, 1.82) is 0 Å². The van der Waals surface area contributed by atoms with Gasteiger partial charge in [0.1, 0.15) is 5.60 Å². The number of rotatable bonds is 8. The molecule has 0 atom stereocenters. The number of hydrogen-bond donors (Lipinski definition) is 1. The summed E-state index contributed by atoms with van der Waals surface area (Å²) in [4.78, 5) is 14.8. The molecule has 0 aromatic heterocycles. The monoisotopic (exact) mass is 431 g/mol. The molecule has 0 heterocycles. The SMILES string of the molecule is CC(C)(C)OC(=O)N(CCc1ccccc1)Cc1ccccc1-c1ccc(CCO)cc1. The lowest BCUT2D eigenvalue weighted by molar-refractivity contribution is 0.0236. The van der Waals surface area contributed by atoms with Crippen LogP contribution in [0.4, 0.5) is 4.79 Å². The van der Waals surface area contributed by atoms with E-state index < -0.39 is 5.60 Å². The molecule has 0 aliphatic heterocycles. The van der Waals surface area contributed by atoms with Crippen molar-refractivity contribution in [3.8, 4) is 11.1 Å². The Balaban J connectivity index is 1.84. The summed E-state index contributed by atoms with van der Waals surface area (Å²) < 4.78 is 5.71. The molecule has 0 spiro atoms. The van der Waals surface area contributed by atoms with Gasteiger partial charge in [0.05, 0.1) is 0 Å². The third kappa shape index (κ3) is 6.96. The Morgan fingerprint density at radius 2 is 1.47 bits per heavy atom. The molecule has 4 heteroatoms. The van der Waals surface area contributed by atoms with Crippen molar-refractivity contribution in [1.82, 2.24) is 4.90 Å². The minimum atomic E-state index is -0.551. The average Bonchev–Trinajstić information content (AvgIpc) is 2.77. The van der Waals surface area contributed by atoms with Gasteiger partial charge in [-0.25, -0.2) is 4.79 Å². The predicted molar refractivity (Wildman–Crippen MR) is 129 cm³/mol. The fourth-order valence-electron chi connectivity index (χ4n) is 3.60. The molecule has 4 nitrogen and oxygen atoms in total. The molecule has 1 amide bonds. The third-order valence-electron chi connectivity index (χ3n) is 5.21. The summed E-state index contributed by atoms with van der Waals surface area (Å²) in [5.41, 5.74) is 5.00. The molecule has 168 valence electrons. The maximum absolute atomic E-state index is 13.0. The Kier molecular flexibility index (Phi) is 8.07. The zero-order valence-electron chi connectivity index (χ0n) is 19.3. The van der Waals surface area contributed by atoms with Crippen LogP contribution in [0.3, 0.4) is 0 Å². The number of ether oxygens (including phenoxy) is 1. The topological polar surface area (TPSA) is 49.8 Å². The summed E-state index contributed by atoms with van der Waals surface area (Å²) in [6, 6.07) is 26.6. The summed E-state index contributed by atoms with van der Waals surface area (Å²) in [5, 5.41) is 9.17. The van der Waals surface area contributed by atoms with Gasteiger partial charge in [0.2, 0.25) is 0 Å². The molecule has 0 bridgehead atoms. The molecule has 0 saturated carbocycles. The lowest BCUT2D eigenvalue weighted by Gasteiger charge is -2.28. The lowest BCUT2D eigenvalue weighted by Crippen LogP contribution is -2.37. The first-order valence-electron chi connectivity index (χ1n) is 11.2. The fraction of sp³-hybridized carbons (Fsp3) is 0.321. The highest BCUT2D eigenvalue weighted by Crippen LogP contribution is 2.26. The molecule has 0 unspecified atom stereocenters. The number of hydrogen-bond acceptors (Lipinski definition) is 3. The van der Waals surface area contributed by atoms with Crippen LogP contribution in [0.1, 0.15) is 37.5 Å². The number of carbonyl (C=O) groups is 1. The Morgan fingerprint density at radius 3 is 2.12 bits per heavy atom. The van der Waals surface area contributed by atoms with Gasteiger partial charge in [0, 0.05) is 19.7 Å². The maximum atomic E-state index is 13.0. The second kappa shape index (κ2) is 11.0. The quantitative estimate of drug-likeness (QED) is 0.485. The van der Waals surface area contributed by atoms with E-state index in [4.69, 9.17) is 9.84 Å². The standard InChI is InChI=1S/C28H33NO3/c1-28(2,3)32-27(31)29(19-17-22-9-5-4-6-10-22)21-25-11-7-8-12-26(25)24-15-13-23(14-16-24)18-20-30/h4-16,30H,17-21H2,1-3H3. The van der Waals surface area contributed by atoms with Crippen molar-refractivity contribution >= 4 is 6.09 Å². The van der Waals surface area contributed by atoms with Crippen LogP contribution in [-0.4, -0.2) is 34.9 Å². The highest BCUT2D eigenvalue weighted by atomic mass is 16.6. The number of aliphatic hydroxyl groups is 1. The van der Waals surface area contributed by atoms with Crippen LogP contribution in [0.2, 0.25) is 0 Å². The van der Waals surface area contributed by atoms with Gasteiger partial charge >= 0.3 is 6.09 Å². The first kappa shape index (κ1) is 23.6. The number of aliphatic hydroxyl groups excluding tert-OH is 1. The van der Waals surface area contributed by atoms with Crippen molar-refractivity contribution in [3.05, 3.63) is 95.6 Å². The van der Waals surface area contributed by atoms with E-state index in [9.17, 15) is 4.79 Å². The van der Waals surface area contributed by atoms with Gasteiger partial charge < -0.3 is 14.7 Å². The zero-order valence-corrected chi connectivity index (χ0v) is 19.3. The van der Waals surface area contributed by atoms with E-state index in [1.807, 2.05) is 63.2 Å². The van der Waals surface area contributed by atoms with Crippen molar-refractivity contribution in [2.45, 2.75) is 45.8 Å². The second-order valence-electron chi connectivity index (χ2n) is 8.97. The van der Waals surface area contributed by atoms with E-state index in [0.29, 0.717) is 19.5 Å². The van der Waals surface area contributed by atoms with Crippen LogP contribution in [0.25, 0.3) is 11.1 Å². The number of nitrogens with zero attached hydrogens (tertiary/aromatic N) is 1. The molecule has 0 aliphatic rings. The Morgan fingerprint density at radius 1 is 0.844 bits per heavy atom. The first-order chi connectivity index (χ1) is 15.4. The summed E-state index contributed by atoms with van der Waals surface area (Å²) in [5.74, 6) is 0. The van der Waals surface area contributed by atoms with E-state index in [-0.39, 0.29) is 12.7 Å². The third-order valence-corrected chi connectivity index (χ3v) is 5.21. The summed E-state index contributed by atoms with van der Waals surface area (Å²) in [6.07, 6.45) is 1.10. The number of benzene rings is 3. The van der Waals surface area contributed by atoms with Gasteiger partial charge in [0.15, 0.2) is 0 Å². The molecule has 1 N–H and O–H groups in total. The Hall–Kier alpha value is -3.11. The number of carbonyl (C=O) groups excluding carboxylic acids is 1. The predicted octanol–water partition coefficient (Wildman–Crippen LogP) is 5.87. The van der Waals surface area contributed by atoms with Gasteiger partial charge in [0.25, 0.3) is 0 Å². The molecular weight excluding hydrogens is 398 g/mol. The van der Waals surface area contributed by atoms with Crippen LogP contribution in [0.15, 0.2) is 78.9 Å². The molecular formula is C28H33NO3. The van der Waals surface area contributed by atoms with Crippen LogP contribution >= 0.6 is 0 Å². The summed E-state index contributed by atoms with van der Waals surface area (Å²) >= 11 is 0. The van der Waals surface area contributed by atoms with E-state index in [1.165, 1.54) is 5.56 Å². The molecule has 0 radical (unpaired) electrons. The minimum absolute atomic E-state index is 0.141. The van der Waals surface area contributed by atoms with Crippen molar-refractivity contribution in [2.24, 2.45) is 0 Å². The molecule has 0 aliphatic carbocycles. The molecule has 3 aromatic carbocycles. The highest BCUT2D eigenvalue weighted by molar-refractivity contribution is 5.71. The van der Waals surface area contributed by atoms with Gasteiger partial charge in [-0.3, -0.25) is 0 Å². The molecule has 0 saturated heterocycles. The van der Waals surface area contributed by atoms with Crippen molar-refractivity contribution in [3.63, 3.8) is 0 Å². The van der Waals surface area contributed by atoms with Crippen molar-refractivity contribution < 1.29 is 14.6 Å². The summed E-state index contributed by atoms with van der Waals surface area (Å²) in [6.45, 7) is 6.85. The normalized spacial score (nSPS) is 11.2. The van der Waals surface area contributed by atoms with Gasteiger partial charge in [-0.15, -0.1) is 0 Å². The molecule has 32 heavy (non-hydrogen) atoms. The summed E-state index contributed by atoms with van der Waals surface area (Å²) in [7, 11) is 0. The van der Waals surface area contributed by atoms with E-state index >= 15 is 0 Å². The molecule has 3 aromatic rings. The van der Waals surface area contributed by atoms with Crippen LogP contribution < -0.4 is 0 Å². The lowest BCUT2D eigenvalue weighted by atomic mass is 9.98. The highest BCUT2D eigenvalue weighted by Gasteiger charge is 2.23. The Labute approximate surface area is 191 Å². The van der Waals surface area contributed by atoms with Gasteiger partial charge in [-0.1, -0.05) is 78.9 Å². The molecule has 0 fully saturated rings. The minimum Gasteiger partial charge on any atom is -0.444 e. The van der Waals surface area contributed by atoms with Gasteiger partial charge in [-0.2, -0.15) is 0 Å². The van der Waals surface area contributed by atoms with Crippen LogP contribution in [0.5, 0.6) is 0 Å². The van der Waals surface area contributed by atoms with E-state index in [0.717, 1.165) is 28.7 Å². The van der Waals surface area contributed by atoms with Crippen LogP contribution in [-0.2, 0) is 24.1 Å². The van der Waals surface area contributed by atoms with E-state index in [2.05, 4.69) is 36.4 Å². The Bertz CT molecular complexity index is 991. The number of amides is 1. The van der Waals surface area contributed by atoms with Gasteiger partial charge in [-0.05, 0) is 61.4 Å². The zero-order chi connectivity index (χ0) is 23.0. The fourth-order valence-corrected chi connectivity index (χ4v) is 3.60. The van der Waals surface area contributed by atoms with E-state index in [1.54, 1.807) is 4.90 Å².